The van der Waals surface area contributed by atoms with Crippen molar-refractivity contribution in [3.8, 4) is 0 Å². The zero-order valence-corrected chi connectivity index (χ0v) is 12.3. The average Bonchev–Trinajstić information content (AvgIpc) is 2.89. The quantitative estimate of drug-likeness (QED) is 0.631. The molecule has 1 aromatic rings. The first-order valence-corrected chi connectivity index (χ1v) is 6.94. The number of nitro benzene ring substituents is 1. The Kier molecular flexibility index (Phi) is 4.74. The van der Waals surface area contributed by atoms with E-state index in [0.717, 1.165) is 19.5 Å². The van der Waals surface area contributed by atoms with Crippen LogP contribution in [-0.4, -0.2) is 49.5 Å². The minimum absolute atomic E-state index is 0.0672. The molecule has 1 aliphatic rings. The molecule has 1 amide bonds. The molecule has 1 aliphatic heterocycles. The second kappa shape index (κ2) is 6.53. The Labute approximate surface area is 123 Å². The smallest absolute Gasteiger partial charge is 0.293 e. The molecule has 0 bridgehead atoms. The highest BCUT2D eigenvalue weighted by molar-refractivity contribution is 5.95. The molecular formula is C14H20N4O3. The van der Waals surface area contributed by atoms with Crippen LogP contribution < -0.4 is 10.6 Å². The van der Waals surface area contributed by atoms with Crippen molar-refractivity contribution < 1.29 is 9.72 Å². The molecule has 0 radical (unpaired) electrons. The number of likely N-dealkylation sites (tertiary alicyclic amines) is 1. The van der Waals surface area contributed by atoms with Crippen LogP contribution in [0.15, 0.2) is 18.2 Å². The van der Waals surface area contributed by atoms with Crippen LogP contribution in [0.5, 0.6) is 0 Å². The van der Waals surface area contributed by atoms with E-state index in [1.54, 1.807) is 12.1 Å². The number of benzene rings is 1. The summed E-state index contributed by atoms with van der Waals surface area (Å²) >= 11 is 0. The highest BCUT2D eigenvalue weighted by atomic mass is 16.6. The van der Waals surface area contributed by atoms with Crippen LogP contribution in [0.3, 0.4) is 0 Å². The number of hydrogen-bond donors (Lipinski definition) is 2. The predicted molar refractivity (Wildman–Crippen MR) is 80.6 cm³/mol. The van der Waals surface area contributed by atoms with Gasteiger partial charge in [-0.1, -0.05) is 0 Å². The number of nitro groups is 1. The first-order chi connectivity index (χ1) is 10.0. The molecule has 21 heavy (non-hydrogen) atoms. The molecule has 2 N–H and O–H groups in total. The minimum Gasteiger partial charge on any atom is -0.379 e. The third-order valence-corrected chi connectivity index (χ3v) is 3.75. The molecule has 1 fully saturated rings. The fraction of sp³-hybridized carbons (Fsp3) is 0.500. The van der Waals surface area contributed by atoms with E-state index < -0.39 is 4.92 Å². The van der Waals surface area contributed by atoms with Gasteiger partial charge in [0, 0.05) is 31.8 Å². The molecular weight excluding hydrogens is 272 g/mol. The standard InChI is InChI=1S/C14H20N4O3/c1-15-14(19)11-3-4-12(13(7-11)18(20)21)16-8-10-5-6-17(2)9-10/h3-4,7,10,16H,5-6,8-9H2,1-2H3,(H,15,19)/t10-/m1/s1. The van der Waals surface area contributed by atoms with Crippen molar-refractivity contribution >= 4 is 17.3 Å². The lowest BCUT2D eigenvalue weighted by Gasteiger charge is -2.13. The van der Waals surface area contributed by atoms with Crippen molar-refractivity contribution in [2.75, 3.05) is 39.0 Å². The summed E-state index contributed by atoms with van der Waals surface area (Å²) in [4.78, 5) is 24.5. The van der Waals surface area contributed by atoms with Gasteiger partial charge in [-0.3, -0.25) is 14.9 Å². The Balaban J connectivity index is 2.11. The van der Waals surface area contributed by atoms with Crippen LogP contribution in [0.1, 0.15) is 16.8 Å². The maximum Gasteiger partial charge on any atom is 0.293 e. The predicted octanol–water partition coefficient (Wildman–Crippen LogP) is 1.32. The first-order valence-electron chi connectivity index (χ1n) is 6.94. The van der Waals surface area contributed by atoms with Crippen LogP contribution >= 0.6 is 0 Å². The van der Waals surface area contributed by atoms with Gasteiger partial charge in [0.25, 0.3) is 11.6 Å². The van der Waals surface area contributed by atoms with Crippen molar-refractivity contribution in [3.05, 3.63) is 33.9 Å². The van der Waals surface area contributed by atoms with Crippen LogP contribution in [0, 0.1) is 16.0 Å². The van der Waals surface area contributed by atoms with E-state index in [0.29, 0.717) is 18.2 Å². The summed E-state index contributed by atoms with van der Waals surface area (Å²) in [5.74, 6) is 0.162. The van der Waals surface area contributed by atoms with E-state index in [1.807, 2.05) is 0 Å². The number of nitrogens with one attached hydrogen (secondary N) is 2. The van der Waals surface area contributed by atoms with Gasteiger partial charge < -0.3 is 15.5 Å². The Hall–Kier alpha value is -2.15. The summed E-state index contributed by atoms with van der Waals surface area (Å²) in [7, 11) is 3.57. The highest BCUT2D eigenvalue weighted by Gasteiger charge is 2.21. The van der Waals surface area contributed by atoms with Crippen LogP contribution in [0.25, 0.3) is 0 Å². The van der Waals surface area contributed by atoms with Crippen LogP contribution in [0.4, 0.5) is 11.4 Å². The van der Waals surface area contributed by atoms with Gasteiger partial charge in [0.15, 0.2) is 0 Å². The summed E-state index contributed by atoms with van der Waals surface area (Å²) < 4.78 is 0. The molecule has 0 aliphatic carbocycles. The normalized spacial score (nSPS) is 18.5. The van der Waals surface area contributed by atoms with E-state index in [-0.39, 0.29) is 17.2 Å². The lowest BCUT2D eigenvalue weighted by molar-refractivity contribution is -0.384. The van der Waals surface area contributed by atoms with E-state index in [4.69, 9.17) is 0 Å². The summed E-state index contributed by atoms with van der Waals surface area (Å²) in [5.41, 5.74) is 0.681. The van der Waals surface area contributed by atoms with Crippen molar-refractivity contribution in [1.29, 1.82) is 0 Å². The lowest BCUT2D eigenvalue weighted by atomic mass is 10.1. The minimum atomic E-state index is -0.463. The number of nitrogens with zero attached hydrogens (tertiary/aromatic N) is 2. The van der Waals surface area contributed by atoms with E-state index >= 15 is 0 Å². The molecule has 1 atom stereocenters. The van der Waals surface area contributed by atoms with Gasteiger partial charge in [-0.2, -0.15) is 0 Å². The number of anilines is 1. The Morgan fingerprint density at radius 2 is 2.29 bits per heavy atom. The molecule has 114 valence electrons. The first kappa shape index (κ1) is 15.2. The summed E-state index contributed by atoms with van der Waals surface area (Å²) in [6.07, 6.45) is 1.09. The van der Waals surface area contributed by atoms with E-state index in [2.05, 4.69) is 22.6 Å². The van der Waals surface area contributed by atoms with Gasteiger partial charge in [-0.25, -0.2) is 0 Å². The molecule has 0 unspecified atom stereocenters. The van der Waals surface area contributed by atoms with Gasteiger partial charge in [-0.15, -0.1) is 0 Å². The van der Waals surface area contributed by atoms with Crippen molar-refractivity contribution in [1.82, 2.24) is 10.2 Å². The molecule has 2 rings (SSSR count). The maximum atomic E-state index is 11.5. The molecule has 1 aromatic carbocycles. The second-order valence-corrected chi connectivity index (χ2v) is 5.37. The number of hydrogen-bond acceptors (Lipinski definition) is 5. The van der Waals surface area contributed by atoms with Gasteiger partial charge in [-0.05, 0) is 38.1 Å². The summed E-state index contributed by atoms with van der Waals surface area (Å²) in [5, 5.41) is 16.8. The third-order valence-electron chi connectivity index (χ3n) is 3.75. The fourth-order valence-corrected chi connectivity index (χ4v) is 2.56. The topological polar surface area (TPSA) is 87.5 Å². The Morgan fingerprint density at radius 3 is 2.86 bits per heavy atom. The van der Waals surface area contributed by atoms with Gasteiger partial charge in [0.2, 0.25) is 0 Å². The Bertz CT molecular complexity index is 547. The molecule has 1 saturated heterocycles. The highest BCUT2D eigenvalue weighted by Crippen LogP contribution is 2.26. The SMILES string of the molecule is CNC(=O)c1ccc(NC[C@H]2CCN(C)C2)c([N+](=O)[O-])c1. The molecule has 7 heteroatoms. The molecule has 1 heterocycles. The van der Waals surface area contributed by atoms with E-state index in [1.165, 1.54) is 13.1 Å². The lowest BCUT2D eigenvalue weighted by Crippen LogP contribution is -2.20. The summed E-state index contributed by atoms with van der Waals surface area (Å²) in [6.45, 7) is 2.76. The second-order valence-electron chi connectivity index (χ2n) is 5.37. The number of carbonyl (C=O) groups is 1. The van der Waals surface area contributed by atoms with Crippen LogP contribution in [-0.2, 0) is 0 Å². The van der Waals surface area contributed by atoms with Gasteiger partial charge in [0.1, 0.15) is 5.69 Å². The van der Waals surface area contributed by atoms with Crippen molar-refractivity contribution in [3.63, 3.8) is 0 Å². The maximum absolute atomic E-state index is 11.5. The largest absolute Gasteiger partial charge is 0.379 e. The van der Waals surface area contributed by atoms with Crippen molar-refractivity contribution in [2.24, 2.45) is 5.92 Å². The zero-order valence-electron chi connectivity index (χ0n) is 12.3. The molecule has 0 saturated carbocycles. The van der Waals surface area contributed by atoms with Crippen molar-refractivity contribution in [2.45, 2.75) is 6.42 Å². The number of amides is 1. The number of carbonyl (C=O) groups excluding carboxylic acids is 1. The average molecular weight is 292 g/mol. The molecule has 7 nitrogen and oxygen atoms in total. The fourth-order valence-electron chi connectivity index (χ4n) is 2.56. The molecule has 0 aromatic heterocycles. The zero-order chi connectivity index (χ0) is 15.4. The molecule has 0 spiro atoms. The Morgan fingerprint density at radius 1 is 1.52 bits per heavy atom. The monoisotopic (exact) mass is 292 g/mol. The summed E-state index contributed by atoms with van der Waals surface area (Å²) in [6, 6.07) is 4.50. The number of rotatable bonds is 5. The van der Waals surface area contributed by atoms with Crippen LogP contribution in [0.2, 0.25) is 0 Å². The van der Waals surface area contributed by atoms with Gasteiger partial charge >= 0.3 is 0 Å². The van der Waals surface area contributed by atoms with E-state index in [9.17, 15) is 14.9 Å². The van der Waals surface area contributed by atoms with Gasteiger partial charge in [0.05, 0.1) is 4.92 Å². The third kappa shape index (κ3) is 3.69.